The van der Waals surface area contributed by atoms with Crippen molar-refractivity contribution in [1.82, 2.24) is 0 Å². The fourth-order valence-electron chi connectivity index (χ4n) is 4.22. The van der Waals surface area contributed by atoms with Crippen molar-refractivity contribution in [2.45, 2.75) is 43.8 Å². The molecular formula is C18H21BrO3. The number of halogens is 1. The summed E-state index contributed by atoms with van der Waals surface area (Å²) in [6.45, 7) is 3.56. The minimum absolute atomic E-state index is 0.0663. The van der Waals surface area contributed by atoms with Gasteiger partial charge in [-0.15, -0.1) is 0 Å². The zero-order valence-corrected chi connectivity index (χ0v) is 14.7. The Kier molecular flexibility index (Phi) is 3.40. The van der Waals surface area contributed by atoms with Gasteiger partial charge in [-0.1, -0.05) is 15.9 Å². The molecule has 2 spiro atoms. The van der Waals surface area contributed by atoms with Crippen molar-refractivity contribution < 1.29 is 14.2 Å². The average molecular weight is 365 g/mol. The standard InChI is InChI=1S/C18H21BrO3/c1-12-9-13-10-16(19)17(14(13)11-15(12)20-2)3-5-18(6-4-17)21-7-8-22-18/h9-11H,3-8H2,1-2H3. The number of fused-ring (bicyclic) bond motifs is 2. The summed E-state index contributed by atoms with van der Waals surface area (Å²) in [5.41, 5.74) is 3.95. The molecule has 2 fully saturated rings. The molecule has 118 valence electrons. The van der Waals surface area contributed by atoms with E-state index in [1.807, 2.05) is 0 Å². The highest BCUT2D eigenvalue weighted by atomic mass is 79.9. The van der Waals surface area contributed by atoms with Gasteiger partial charge in [-0.25, -0.2) is 0 Å². The van der Waals surface area contributed by atoms with E-state index >= 15 is 0 Å². The van der Waals surface area contributed by atoms with Crippen molar-refractivity contribution in [2.24, 2.45) is 0 Å². The molecule has 2 aliphatic carbocycles. The molecule has 0 unspecified atom stereocenters. The average Bonchev–Trinajstić information content (AvgIpc) is 3.06. The van der Waals surface area contributed by atoms with Crippen LogP contribution in [0.3, 0.4) is 0 Å². The van der Waals surface area contributed by atoms with Crippen molar-refractivity contribution in [3.05, 3.63) is 33.3 Å². The van der Waals surface area contributed by atoms with Crippen LogP contribution in [0.5, 0.6) is 5.75 Å². The Morgan fingerprint density at radius 1 is 1.09 bits per heavy atom. The number of rotatable bonds is 1. The van der Waals surface area contributed by atoms with Crippen LogP contribution in [0.25, 0.3) is 6.08 Å². The second kappa shape index (κ2) is 5.08. The van der Waals surface area contributed by atoms with Gasteiger partial charge < -0.3 is 14.2 Å². The van der Waals surface area contributed by atoms with Crippen LogP contribution in [0.1, 0.15) is 42.4 Å². The third-order valence-electron chi connectivity index (χ3n) is 5.50. The van der Waals surface area contributed by atoms with Crippen molar-refractivity contribution in [3.63, 3.8) is 0 Å². The van der Waals surface area contributed by atoms with Crippen LogP contribution in [-0.4, -0.2) is 26.1 Å². The summed E-state index contributed by atoms with van der Waals surface area (Å²) in [6.07, 6.45) is 6.26. The molecule has 3 nitrogen and oxygen atoms in total. The number of methoxy groups -OCH3 is 1. The summed E-state index contributed by atoms with van der Waals surface area (Å²) in [7, 11) is 1.74. The summed E-state index contributed by atoms with van der Waals surface area (Å²) in [6, 6.07) is 4.46. The molecule has 4 rings (SSSR count). The summed E-state index contributed by atoms with van der Waals surface area (Å²) in [5, 5.41) is 0. The maximum Gasteiger partial charge on any atom is 0.168 e. The number of ether oxygens (including phenoxy) is 3. The lowest BCUT2D eigenvalue weighted by molar-refractivity contribution is -0.182. The number of benzene rings is 1. The van der Waals surface area contributed by atoms with Gasteiger partial charge >= 0.3 is 0 Å². The predicted molar refractivity (Wildman–Crippen MR) is 89.4 cm³/mol. The largest absolute Gasteiger partial charge is 0.496 e. The van der Waals surface area contributed by atoms with E-state index in [-0.39, 0.29) is 11.2 Å². The molecule has 0 bridgehead atoms. The van der Waals surface area contributed by atoms with Gasteiger partial charge in [-0.05, 0) is 54.7 Å². The Morgan fingerprint density at radius 2 is 1.77 bits per heavy atom. The highest BCUT2D eigenvalue weighted by Crippen LogP contribution is 2.56. The van der Waals surface area contributed by atoms with Crippen LogP contribution in [0.15, 0.2) is 16.6 Å². The molecule has 4 heteroatoms. The topological polar surface area (TPSA) is 27.7 Å². The van der Waals surface area contributed by atoms with Gasteiger partial charge in [-0.3, -0.25) is 0 Å². The van der Waals surface area contributed by atoms with Crippen LogP contribution in [0, 0.1) is 6.92 Å². The monoisotopic (exact) mass is 364 g/mol. The number of hydrogen-bond donors (Lipinski definition) is 0. The molecule has 0 aromatic heterocycles. The van der Waals surface area contributed by atoms with E-state index in [0.29, 0.717) is 0 Å². The Morgan fingerprint density at radius 3 is 2.41 bits per heavy atom. The molecule has 0 amide bonds. The summed E-state index contributed by atoms with van der Waals surface area (Å²) >= 11 is 3.84. The van der Waals surface area contributed by atoms with E-state index < -0.39 is 0 Å². The maximum atomic E-state index is 5.89. The van der Waals surface area contributed by atoms with Gasteiger partial charge in [0, 0.05) is 22.7 Å². The predicted octanol–water partition coefficient (Wildman–Crippen LogP) is 4.31. The minimum atomic E-state index is -0.323. The van der Waals surface area contributed by atoms with E-state index in [1.54, 1.807) is 7.11 Å². The number of allylic oxidation sites excluding steroid dienone is 1. The fourth-order valence-corrected chi connectivity index (χ4v) is 5.08. The van der Waals surface area contributed by atoms with Crippen LogP contribution < -0.4 is 4.74 Å². The van der Waals surface area contributed by atoms with E-state index in [4.69, 9.17) is 14.2 Å². The number of hydrogen-bond acceptors (Lipinski definition) is 3. The third-order valence-corrected chi connectivity index (χ3v) is 6.49. The minimum Gasteiger partial charge on any atom is -0.496 e. The van der Waals surface area contributed by atoms with Gasteiger partial charge in [0.25, 0.3) is 0 Å². The summed E-state index contributed by atoms with van der Waals surface area (Å²) < 4.78 is 18.6. The van der Waals surface area contributed by atoms with Crippen molar-refractivity contribution in [1.29, 1.82) is 0 Å². The Labute approximate surface area is 139 Å². The number of aryl methyl sites for hydroxylation is 1. The second-order valence-electron chi connectivity index (χ2n) is 6.59. The Bertz CT molecular complexity index is 634. The summed E-state index contributed by atoms with van der Waals surface area (Å²) in [5.74, 6) is 0.651. The first-order chi connectivity index (χ1) is 10.6. The molecular weight excluding hydrogens is 344 g/mol. The van der Waals surface area contributed by atoms with Crippen molar-refractivity contribution in [2.75, 3.05) is 20.3 Å². The van der Waals surface area contributed by atoms with Gasteiger partial charge in [0.2, 0.25) is 0 Å². The Hall–Kier alpha value is -0.840. The fraction of sp³-hybridized carbons (Fsp3) is 0.556. The van der Waals surface area contributed by atoms with Gasteiger partial charge in [0.15, 0.2) is 5.79 Å². The van der Waals surface area contributed by atoms with Crippen LogP contribution in [0.2, 0.25) is 0 Å². The van der Waals surface area contributed by atoms with E-state index in [9.17, 15) is 0 Å². The van der Waals surface area contributed by atoms with Crippen molar-refractivity contribution in [3.8, 4) is 5.75 Å². The first-order valence-electron chi connectivity index (χ1n) is 7.93. The molecule has 1 saturated carbocycles. The molecule has 1 aromatic carbocycles. The molecule has 0 N–H and O–H groups in total. The SMILES string of the molecule is COc1cc2c(cc1C)C=C(Br)C21CCC2(CC1)OCCO2. The van der Waals surface area contributed by atoms with E-state index in [0.717, 1.165) is 44.6 Å². The first-order valence-corrected chi connectivity index (χ1v) is 8.73. The smallest absolute Gasteiger partial charge is 0.168 e. The lowest BCUT2D eigenvalue weighted by Crippen LogP contribution is -2.41. The molecule has 0 radical (unpaired) electrons. The zero-order chi connectivity index (χ0) is 15.4. The maximum absolute atomic E-state index is 5.89. The molecule has 0 atom stereocenters. The van der Waals surface area contributed by atoms with Crippen molar-refractivity contribution >= 4 is 22.0 Å². The third kappa shape index (κ3) is 2.00. The highest BCUT2D eigenvalue weighted by molar-refractivity contribution is 9.11. The molecule has 1 heterocycles. The molecule has 1 saturated heterocycles. The highest BCUT2D eigenvalue weighted by Gasteiger charge is 2.50. The van der Waals surface area contributed by atoms with Gasteiger partial charge in [0.1, 0.15) is 5.75 Å². The normalized spacial score (nSPS) is 24.6. The zero-order valence-electron chi connectivity index (χ0n) is 13.1. The van der Waals surface area contributed by atoms with Gasteiger partial charge in [0.05, 0.1) is 20.3 Å². The first kappa shape index (κ1) is 14.7. The lowest BCUT2D eigenvalue weighted by atomic mass is 9.69. The molecule has 1 aliphatic heterocycles. The molecule has 22 heavy (non-hydrogen) atoms. The van der Waals surface area contributed by atoms with Gasteiger partial charge in [-0.2, -0.15) is 0 Å². The lowest BCUT2D eigenvalue weighted by Gasteiger charge is -2.42. The van der Waals surface area contributed by atoms with Crippen LogP contribution in [0.4, 0.5) is 0 Å². The van der Waals surface area contributed by atoms with Crippen LogP contribution in [-0.2, 0) is 14.9 Å². The molecule has 1 aromatic rings. The van der Waals surface area contributed by atoms with Crippen LogP contribution >= 0.6 is 15.9 Å². The second-order valence-corrected chi connectivity index (χ2v) is 7.45. The Balaban J connectivity index is 1.71. The summed E-state index contributed by atoms with van der Waals surface area (Å²) in [4.78, 5) is 0. The molecule has 3 aliphatic rings. The quantitative estimate of drug-likeness (QED) is 0.742. The van der Waals surface area contributed by atoms with E-state index in [2.05, 4.69) is 41.1 Å². The van der Waals surface area contributed by atoms with E-state index in [1.165, 1.54) is 21.2 Å².